The minimum atomic E-state index is -1.16. The van der Waals surface area contributed by atoms with Crippen LogP contribution in [0.5, 0.6) is 0 Å². The first-order valence-corrected chi connectivity index (χ1v) is 5.32. The van der Waals surface area contributed by atoms with Gasteiger partial charge in [0.15, 0.2) is 0 Å². The van der Waals surface area contributed by atoms with E-state index in [0.717, 1.165) is 0 Å². The number of hydrogen-bond acceptors (Lipinski definition) is 3. The highest BCUT2D eigenvalue weighted by Gasteiger charge is 2.36. The van der Waals surface area contributed by atoms with Crippen molar-refractivity contribution >= 4 is 17.8 Å². The van der Waals surface area contributed by atoms with E-state index in [-0.39, 0.29) is 31.1 Å². The second kappa shape index (κ2) is 5.47. The van der Waals surface area contributed by atoms with E-state index < -0.39 is 18.0 Å². The summed E-state index contributed by atoms with van der Waals surface area (Å²) >= 11 is 0. The summed E-state index contributed by atoms with van der Waals surface area (Å²) in [5.74, 6) is -2.53. The number of carbonyl (C=O) groups is 3. The lowest BCUT2D eigenvalue weighted by atomic mass is 10.1. The van der Waals surface area contributed by atoms with Crippen molar-refractivity contribution in [3.63, 3.8) is 0 Å². The van der Waals surface area contributed by atoms with E-state index in [1.807, 2.05) is 0 Å². The fourth-order valence-electron chi connectivity index (χ4n) is 1.89. The molecule has 6 nitrogen and oxygen atoms in total. The monoisotopic (exact) mass is 241 g/mol. The van der Waals surface area contributed by atoms with E-state index >= 15 is 0 Å². The van der Waals surface area contributed by atoms with E-state index in [1.54, 1.807) is 6.08 Å². The van der Waals surface area contributed by atoms with Crippen LogP contribution < -0.4 is 0 Å². The van der Waals surface area contributed by atoms with Crippen LogP contribution in [-0.2, 0) is 14.4 Å². The van der Waals surface area contributed by atoms with Gasteiger partial charge in [0.2, 0.25) is 5.91 Å². The summed E-state index contributed by atoms with van der Waals surface area (Å²) in [5.41, 5.74) is 0. The van der Waals surface area contributed by atoms with E-state index in [2.05, 4.69) is 6.58 Å². The van der Waals surface area contributed by atoms with Gasteiger partial charge in [0.1, 0.15) is 6.04 Å². The van der Waals surface area contributed by atoms with Gasteiger partial charge in [-0.15, -0.1) is 6.58 Å². The number of carbonyl (C=O) groups excluding carboxylic acids is 1. The topological polar surface area (TPSA) is 94.9 Å². The second-order valence-corrected chi connectivity index (χ2v) is 4.03. The first kappa shape index (κ1) is 13.2. The summed E-state index contributed by atoms with van der Waals surface area (Å²) in [7, 11) is 0. The van der Waals surface area contributed by atoms with E-state index in [0.29, 0.717) is 6.54 Å². The number of carboxylic acid groups (broad SMARTS) is 2. The molecule has 2 unspecified atom stereocenters. The molecule has 0 aromatic heterocycles. The Balaban J connectivity index is 2.70. The van der Waals surface area contributed by atoms with Gasteiger partial charge in [-0.2, -0.15) is 0 Å². The molecule has 1 rings (SSSR count). The standard InChI is InChI=1S/C11H15NO5/c1-2-7-5-9(13)12(6-7)8(11(16)17)3-4-10(14)15/h2,7-8H,1,3-6H2,(H,14,15)(H,16,17). The SMILES string of the molecule is C=CC1CC(=O)N(C(CCC(=O)O)C(=O)O)C1. The third-order valence-electron chi connectivity index (χ3n) is 2.81. The molecule has 1 aliphatic heterocycles. The maximum Gasteiger partial charge on any atom is 0.326 e. The molecule has 2 N–H and O–H groups in total. The van der Waals surface area contributed by atoms with Crippen molar-refractivity contribution in [2.24, 2.45) is 5.92 Å². The van der Waals surface area contributed by atoms with Gasteiger partial charge < -0.3 is 15.1 Å². The lowest BCUT2D eigenvalue weighted by Crippen LogP contribution is -2.42. The number of rotatable bonds is 6. The highest BCUT2D eigenvalue weighted by atomic mass is 16.4. The van der Waals surface area contributed by atoms with Gasteiger partial charge in [0, 0.05) is 25.3 Å². The van der Waals surface area contributed by atoms with Gasteiger partial charge in [-0.3, -0.25) is 9.59 Å². The Morgan fingerprint density at radius 1 is 1.53 bits per heavy atom. The van der Waals surface area contributed by atoms with Gasteiger partial charge in [0.05, 0.1) is 0 Å². The summed E-state index contributed by atoms with van der Waals surface area (Å²) in [4.78, 5) is 34.3. The maximum absolute atomic E-state index is 11.6. The average molecular weight is 241 g/mol. The van der Waals surface area contributed by atoms with Crippen LogP contribution in [-0.4, -0.2) is 45.5 Å². The molecule has 0 saturated carbocycles. The van der Waals surface area contributed by atoms with Gasteiger partial charge in [-0.1, -0.05) is 6.08 Å². The Labute approximate surface area is 98.5 Å². The van der Waals surface area contributed by atoms with Crippen LogP contribution in [0.15, 0.2) is 12.7 Å². The van der Waals surface area contributed by atoms with Crippen LogP contribution in [0.25, 0.3) is 0 Å². The predicted octanol–water partition coefficient (Wildman–Crippen LogP) is 0.339. The molecule has 1 amide bonds. The molecule has 0 aliphatic carbocycles. The minimum Gasteiger partial charge on any atom is -0.481 e. The Bertz CT molecular complexity index is 352. The van der Waals surface area contributed by atoms with E-state index in [4.69, 9.17) is 10.2 Å². The van der Waals surface area contributed by atoms with Gasteiger partial charge in [0.25, 0.3) is 0 Å². The van der Waals surface area contributed by atoms with Gasteiger partial charge in [-0.25, -0.2) is 4.79 Å². The van der Waals surface area contributed by atoms with Crippen LogP contribution in [0, 0.1) is 5.92 Å². The summed E-state index contributed by atoms with van der Waals surface area (Å²) in [6, 6.07) is -1.05. The Morgan fingerprint density at radius 2 is 2.18 bits per heavy atom. The average Bonchev–Trinajstić information content (AvgIpc) is 2.59. The molecule has 0 aromatic rings. The Hall–Kier alpha value is -1.85. The number of carboxylic acids is 2. The van der Waals surface area contributed by atoms with Crippen LogP contribution >= 0.6 is 0 Å². The second-order valence-electron chi connectivity index (χ2n) is 4.03. The molecular formula is C11H15NO5. The van der Waals surface area contributed by atoms with Crippen molar-refractivity contribution in [3.8, 4) is 0 Å². The van der Waals surface area contributed by atoms with Crippen LogP contribution in [0.1, 0.15) is 19.3 Å². The highest BCUT2D eigenvalue weighted by molar-refractivity contribution is 5.85. The fourth-order valence-corrected chi connectivity index (χ4v) is 1.89. The molecule has 1 saturated heterocycles. The van der Waals surface area contributed by atoms with Crippen LogP contribution in [0.4, 0.5) is 0 Å². The van der Waals surface area contributed by atoms with Crippen molar-refractivity contribution in [2.45, 2.75) is 25.3 Å². The number of aliphatic carboxylic acids is 2. The molecule has 1 fully saturated rings. The third kappa shape index (κ3) is 3.30. The summed E-state index contributed by atoms with van der Waals surface area (Å²) < 4.78 is 0. The van der Waals surface area contributed by atoms with Crippen LogP contribution in [0.3, 0.4) is 0 Å². The molecule has 0 spiro atoms. The normalized spacial score (nSPS) is 21.3. The lowest BCUT2D eigenvalue weighted by molar-refractivity contribution is -0.149. The quantitative estimate of drug-likeness (QED) is 0.654. The molecular weight excluding hydrogens is 226 g/mol. The molecule has 17 heavy (non-hydrogen) atoms. The first-order chi connectivity index (χ1) is 7.95. The summed E-state index contributed by atoms with van der Waals surface area (Å²) in [6.45, 7) is 3.87. The molecule has 0 aromatic carbocycles. The molecule has 0 bridgehead atoms. The van der Waals surface area contributed by atoms with Crippen molar-refractivity contribution in [2.75, 3.05) is 6.54 Å². The number of nitrogens with zero attached hydrogens (tertiary/aromatic N) is 1. The summed E-state index contributed by atoms with van der Waals surface area (Å²) in [6.07, 6.45) is 1.54. The molecule has 6 heteroatoms. The zero-order valence-electron chi connectivity index (χ0n) is 9.33. The highest BCUT2D eigenvalue weighted by Crippen LogP contribution is 2.22. The van der Waals surface area contributed by atoms with E-state index in [9.17, 15) is 14.4 Å². The largest absolute Gasteiger partial charge is 0.481 e. The third-order valence-corrected chi connectivity index (χ3v) is 2.81. The van der Waals surface area contributed by atoms with Crippen molar-refractivity contribution < 1.29 is 24.6 Å². The lowest BCUT2D eigenvalue weighted by Gasteiger charge is -2.23. The fraction of sp³-hybridized carbons (Fsp3) is 0.545. The molecule has 0 radical (unpaired) electrons. The zero-order chi connectivity index (χ0) is 13.0. The number of likely N-dealkylation sites (tertiary alicyclic amines) is 1. The van der Waals surface area contributed by atoms with Gasteiger partial charge >= 0.3 is 11.9 Å². The molecule has 1 aliphatic rings. The van der Waals surface area contributed by atoms with Crippen molar-refractivity contribution in [1.82, 2.24) is 4.90 Å². The summed E-state index contributed by atoms with van der Waals surface area (Å²) in [5, 5.41) is 17.5. The molecule has 94 valence electrons. The predicted molar refractivity (Wildman–Crippen MR) is 58.3 cm³/mol. The van der Waals surface area contributed by atoms with Crippen LogP contribution in [0.2, 0.25) is 0 Å². The minimum absolute atomic E-state index is 0.0471. The first-order valence-electron chi connectivity index (χ1n) is 5.32. The van der Waals surface area contributed by atoms with E-state index in [1.165, 1.54) is 4.90 Å². The smallest absolute Gasteiger partial charge is 0.326 e. The molecule has 1 heterocycles. The number of amides is 1. The number of hydrogen-bond donors (Lipinski definition) is 2. The van der Waals surface area contributed by atoms with Crippen molar-refractivity contribution in [3.05, 3.63) is 12.7 Å². The maximum atomic E-state index is 11.6. The van der Waals surface area contributed by atoms with Gasteiger partial charge in [-0.05, 0) is 6.42 Å². The Morgan fingerprint density at radius 3 is 2.59 bits per heavy atom. The zero-order valence-corrected chi connectivity index (χ0v) is 9.33. The van der Waals surface area contributed by atoms with Crippen molar-refractivity contribution in [1.29, 1.82) is 0 Å². The molecule has 2 atom stereocenters. The Kier molecular flexibility index (Phi) is 4.25.